The molecule has 0 radical (unpaired) electrons. The minimum absolute atomic E-state index is 0.175. The van der Waals surface area contributed by atoms with Gasteiger partial charge in [0.1, 0.15) is 0 Å². The summed E-state index contributed by atoms with van der Waals surface area (Å²) < 4.78 is 5.18. The van der Waals surface area contributed by atoms with Crippen LogP contribution >= 0.6 is 11.8 Å². The second-order valence-electron chi connectivity index (χ2n) is 5.64. The molecule has 5 nitrogen and oxygen atoms in total. The molecule has 1 rings (SSSR count). The molecule has 0 heterocycles. The van der Waals surface area contributed by atoms with E-state index < -0.39 is 12.1 Å². The van der Waals surface area contributed by atoms with Crippen LogP contribution in [-0.4, -0.2) is 42.0 Å². The van der Waals surface area contributed by atoms with Gasteiger partial charge in [-0.15, -0.1) is 11.8 Å². The van der Waals surface area contributed by atoms with E-state index >= 15 is 0 Å². The second-order valence-corrected chi connectivity index (χ2v) is 6.80. The first-order valence-electron chi connectivity index (χ1n) is 7.76. The van der Waals surface area contributed by atoms with Crippen molar-refractivity contribution in [3.8, 4) is 0 Å². The number of esters is 1. The van der Waals surface area contributed by atoms with Crippen LogP contribution in [-0.2, 0) is 9.53 Å². The SMILES string of the molecule is CC(C)CNC(=O)C(C)OC(=O)c1ccc(SCCCO)cc1. The molecule has 6 heteroatoms. The van der Waals surface area contributed by atoms with Gasteiger partial charge >= 0.3 is 5.97 Å². The number of rotatable bonds is 9. The van der Waals surface area contributed by atoms with Crippen LogP contribution in [0.2, 0.25) is 0 Å². The highest BCUT2D eigenvalue weighted by atomic mass is 32.2. The van der Waals surface area contributed by atoms with E-state index in [2.05, 4.69) is 5.32 Å². The summed E-state index contributed by atoms with van der Waals surface area (Å²) >= 11 is 1.62. The van der Waals surface area contributed by atoms with Gasteiger partial charge in [0.05, 0.1) is 5.56 Å². The van der Waals surface area contributed by atoms with Gasteiger partial charge in [0.2, 0.25) is 0 Å². The van der Waals surface area contributed by atoms with Crippen molar-refractivity contribution < 1.29 is 19.4 Å². The maximum atomic E-state index is 12.0. The minimum atomic E-state index is -0.820. The lowest BCUT2D eigenvalue weighted by Gasteiger charge is -2.14. The van der Waals surface area contributed by atoms with Gasteiger partial charge in [0.25, 0.3) is 5.91 Å². The third kappa shape index (κ3) is 7.52. The summed E-state index contributed by atoms with van der Waals surface area (Å²) in [6, 6.07) is 7.04. The van der Waals surface area contributed by atoms with Crippen molar-refractivity contribution in [3.05, 3.63) is 29.8 Å². The maximum absolute atomic E-state index is 12.0. The second kappa shape index (κ2) is 10.3. The van der Waals surface area contributed by atoms with Gasteiger partial charge in [-0.25, -0.2) is 4.79 Å². The van der Waals surface area contributed by atoms with Gasteiger partial charge in [-0.05, 0) is 43.5 Å². The van der Waals surface area contributed by atoms with E-state index in [0.29, 0.717) is 18.0 Å². The Kier molecular flexibility index (Phi) is 8.73. The molecule has 128 valence electrons. The maximum Gasteiger partial charge on any atom is 0.338 e. The first-order valence-corrected chi connectivity index (χ1v) is 8.75. The van der Waals surface area contributed by atoms with E-state index in [1.807, 2.05) is 26.0 Å². The highest BCUT2D eigenvalue weighted by Crippen LogP contribution is 2.19. The number of carbonyl (C=O) groups excluding carboxylic acids is 2. The monoisotopic (exact) mass is 339 g/mol. The predicted octanol–water partition coefficient (Wildman–Crippen LogP) is 2.48. The van der Waals surface area contributed by atoms with Crippen LogP contribution in [0.3, 0.4) is 0 Å². The summed E-state index contributed by atoms with van der Waals surface area (Å²) in [4.78, 5) is 24.9. The largest absolute Gasteiger partial charge is 0.449 e. The Balaban J connectivity index is 2.49. The van der Waals surface area contributed by atoms with E-state index in [0.717, 1.165) is 17.1 Å². The molecular formula is C17H25NO4S. The van der Waals surface area contributed by atoms with Crippen molar-refractivity contribution in [3.63, 3.8) is 0 Å². The number of thioether (sulfide) groups is 1. The van der Waals surface area contributed by atoms with Crippen LogP contribution in [0.25, 0.3) is 0 Å². The smallest absolute Gasteiger partial charge is 0.338 e. The molecule has 0 aliphatic heterocycles. The number of aliphatic hydroxyl groups is 1. The van der Waals surface area contributed by atoms with E-state index in [1.54, 1.807) is 30.8 Å². The van der Waals surface area contributed by atoms with Crippen molar-refractivity contribution >= 4 is 23.6 Å². The van der Waals surface area contributed by atoms with Crippen LogP contribution in [0, 0.1) is 5.92 Å². The molecule has 1 unspecified atom stereocenters. The Morgan fingerprint density at radius 3 is 2.43 bits per heavy atom. The molecule has 1 aromatic rings. The van der Waals surface area contributed by atoms with E-state index in [9.17, 15) is 9.59 Å². The quantitative estimate of drug-likeness (QED) is 0.411. The first-order chi connectivity index (χ1) is 10.9. The van der Waals surface area contributed by atoms with Crippen molar-refractivity contribution in [2.45, 2.75) is 38.2 Å². The summed E-state index contributed by atoms with van der Waals surface area (Å²) in [5.41, 5.74) is 0.417. The van der Waals surface area contributed by atoms with E-state index in [-0.39, 0.29) is 12.5 Å². The van der Waals surface area contributed by atoms with Crippen molar-refractivity contribution in [1.29, 1.82) is 0 Å². The van der Waals surface area contributed by atoms with Gasteiger partial charge in [0, 0.05) is 23.8 Å². The van der Waals surface area contributed by atoms with Crippen molar-refractivity contribution in [1.82, 2.24) is 5.32 Å². The Hall–Kier alpha value is -1.53. The molecule has 1 amide bonds. The molecule has 0 fully saturated rings. The zero-order valence-corrected chi connectivity index (χ0v) is 14.7. The van der Waals surface area contributed by atoms with Crippen molar-refractivity contribution in [2.24, 2.45) is 5.92 Å². The normalized spacial score (nSPS) is 12.0. The highest BCUT2D eigenvalue weighted by molar-refractivity contribution is 7.99. The molecule has 0 bridgehead atoms. The Labute approximate surface area is 141 Å². The molecule has 23 heavy (non-hydrogen) atoms. The van der Waals surface area contributed by atoms with Crippen molar-refractivity contribution in [2.75, 3.05) is 18.9 Å². The fourth-order valence-electron chi connectivity index (χ4n) is 1.67. The number of carbonyl (C=O) groups is 2. The zero-order chi connectivity index (χ0) is 17.2. The molecule has 0 aliphatic carbocycles. The molecule has 0 aromatic heterocycles. The number of amides is 1. The van der Waals surface area contributed by atoms with Crippen LogP contribution in [0.5, 0.6) is 0 Å². The minimum Gasteiger partial charge on any atom is -0.449 e. The van der Waals surface area contributed by atoms with Crippen LogP contribution < -0.4 is 5.32 Å². The lowest BCUT2D eigenvalue weighted by atomic mass is 10.2. The van der Waals surface area contributed by atoms with Crippen LogP contribution in [0.1, 0.15) is 37.6 Å². The molecule has 0 aliphatic rings. The van der Waals surface area contributed by atoms with Gasteiger partial charge in [0.15, 0.2) is 6.10 Å². The summed E-state index contributed by atoms with van der Waals surface area (Å²) in [6.45, 7) is 6.29. The Morgan fingerprint density at radius 2 is 1.87 bits per heavy atom. The summed E-state index contributed by atoms with van der Waals surface area (Å²) in [6.07, 6.45) is -0.0860. The van der Waals surface area contributed by atoms with E-state index in [1.165, 1.54) is 0 Å². The average molecular weight is 339 g/mol. The predicted molar refractivity (Wildman–Crippen MR) is 91.6 cm³/mol. The number of aliphatic hydroxyl groups excluding tert-OH is 1. The molecule has 0 saturated carbocycles. The molecular weight excluding hydrogens is 314 g/mol. The van der Waals surface area contributed by atoms with Crippen LogP contribution in [0.4, 0.5) is 0 Å². The molecule has 1 atom stereocenters. The molecule has 0 saturated heterocycles. The zero-order valence-electron chi connectivity index (χ0n) is 13.9. The fraction of sp³-hybridized carbons (Fsp3) is 0.529. The number of benzene rings is 1. The number of ether oxygens (including phenoxy) is 1. The first kappa shape index (κ1) is 19.5. The topological polar surface area (TPSA) is 75.6 Å². The van der Waals surface area contributed by atoms with Gasteiger partial charge in [-0.1, -0.05) is 13.8 Å². The van der Waals surface area contributed by atoms with E-state index in [4.69, 9.17) is 9.84 Å². The Bertz CT molecular complexity index is 502. The summed E-state index contributed by atoms with van der Waals surface area (Å²) in [5.74, 6) is 0.373. The number of hydrogen-bond donors (Lipinski definition) is 2. The lowest BCUT2D eigenvalue weighted by Crippen LogP contribution is -2.37. The molecule has 1 aromatic carbocycles. The summed E-state index contributed by atoms with van der Waals surface area (Å²) in [5, 5.41) is 11.5. The lowest BCUT2D eigenvalue weighted by molar-refractivity contribution is -0.129. The third-order valence-corrected chi connectivity index (χ3v) is 4.10. The van der Waals surface area contributed by atoms with Gasteiger partial charge in [-0.2, -0.15) is 0 Å². The van der Waals surface area contributed by atoms with Gasteiger partial charge in [-0.3, -0.25) is 4.79 Å². The highest BCUT2D eigenvalue weighted by Gasteiger charge is 2.18. The van der Waals surface area contributed by atoms with Gasteiger partial charge < -0.3 is 15.2 Å². The summed E-state index contributed by atoms with van der Waals surface area (Å²) in [7, 11) is 0. The number of nitrogens with one attached hydrogen (secondary N) is 1. The van der Waals surface area contributed by atoms with Crippen LogP contribution in [0.15, 0.2) is 29.2 Å². The molecule has 2 N–H and O–H groups in total. The number of hydrogen-bond acceptors (Lipinski definition) is 5. The Morgan fingerprint density at radius 1 is 1.22 bits per heavy atom. The fourth-order valence-corrected chi connectivity index (χ4v) is 2.51. The molecule has 0 spiro atoms. The standard InChI is InChI=1S/C17H25NO4S/c1-12(2)11-18-16(20)13(3)22-17(21)14-5-7-15(8-6-14)23-10-4-9-19/h5-8,12-13,19H,4,9-11H2,1-3H3,(H,18,20). The average Bonchev–Trinajstić information content (AvgIpc) is 2.53. The third-order valence-electron chi connectivity index (χ3n) is 3.00.